The van der Waals surface area contributed by atoms with Crippen molar-refractivity contribution in [3.63, 3.8) is 0 Å². The van der Waals surface area contributed by atoms with Crippen molar-refractivity contribution >= 4 is 5.96 Å². The molecule has 0 radical (unpaired) electrons. The fourth-order valence-corrected chi connectivity index (χ4v) is 2.78. The zero-order valence-electron chi connectivity index (χ0n) is 14.9. The minimum Gasteiger partial charge on any atom is -0.382 e. The number of hydrogen-bond acceptors (Lipinski definition) is 4. The molecule has 0 bridgehead atoms. The molecule has 1 atom stereocenters. The SMILES string of the molecule is CCOCCCNC(N)=NCC(c1ccc(F)cc1)N1CCOCC1. The maximum absolute atomic E-state index is 13.2. The molecule has 2 rings (SSSR count). The van der Waals surface area contributed by atoms with Crippen LogP contribution in [-0.2, 0) is 9.47 Å². The number of halogens is 1. The molecule has 0 aromatic heterocycles. The lowest BCUT2D eigenvalue weighted by molar-refractivity contribution is 0.0179. The molecule has 0 saturated carbocycles. The topological polar surface area (TPSA) is 72.1 Å². The Labute approximate surface area is 149 Å². The monoisotopic (exact) mass is 352 g/mol. The molecule has 1 aromatic rings. The van der Waals surface area contributed by atoms with Crippen molar-refractivity contribution in [2.24, 2.45) is 10.7 Å². The molecule has 0 amide bonds. The largest absolute Gasteiger partial charge is 0.382 e. The molecule has 0 aliphatic carbocycles. The molecule has 1 aliphatic rings. The maximum atomic E-state index is 13.2. The Hall–Kier alpha value is -1.70. The van der Waals surface area contributed by atoms with Gasteiger partial charge in [0.2, 0.25) is 0 Å². The van der Waals surface area contributed by atoms with Crippen LogP contribution in [-0.4, -0.2) is 63.5 Å². The number of aliphatic imine (C=N–C) groups is 1. The highest BCUT2D eigenvalue weighted by Crippen LogP contribution is 2.22. The Morgan fingerprint density at radius 2 is 2.08 bits per heavy atom. The van der Waals surface area contributed by atoms with Crippen LogP contribution in [0.3, 0.4) is 0 Å². The molecule has 1 unspecified atom stereocenters. The van der Waals surface area contributed by atoms with Crippen LogP contribution in [0.25, 0.3) is 0 Å². The zero-order chi connectivity index (χ0) is 17.9. The van der Waals surface area contributed by atoms with Crippen LogP contribution in [0.5, 0.6) is 0 Å². The molecule has 1 aromatic carbocycles. The van der Waals surface area contributed by atoms with Crippen molar-refractivity contribution < 1.29 is 13.9 Å². The van der Waals surface area contributed by atoms with E-state index in [9.17, 15) is 4.39 Å². The predicted molar refractivity (Wildman–Crippen MR) is 97.1 cm³/mol. The first-order chi connectivity index (χ1) is 12.2. The molecule has 7 heteroatoms. The summed E-state index contributed by atoms with van der Waals surface area (Å²) in [6.45, 7) is 7.73. The van der Waals surface area contributed by atoms with Gasteiger partial charge in [0.05, 0.1) is 25.8 Å². The van der Waals surface area contributed by atoms with Crippen molar-refractivity contribution in [1.82, 2.24) is 10.2 Å². The fraction of sp³-hybridized carbons (Fsp3) is 0.611. The molecule has 6 nitrogen and oxygen atoms in total. The van der Waals surface area contributed by atoms with E-state index in [0.717, 1.165) is 38.2 Å². The Kier molecular flexibility index (Phi) is 8.65. The van der Waals surface area contributed by atoms with Gasteiger partial charge in [0, 0.05) is 32.8 Å². The lowest BCUT2D eigenvalue weighted by Gasteiger charge is -2.34. The van der Waals surface area contributed by atoms with Gasteiger partial charge in [-0.2, -0.15) is 0 Å². The highest BCUT2D eigenvalue weighted by atomic mass is 19.1. The third-order valence-electron chi connectivity index (χ3n) is 4.15. The van der Waals surface area contributed by atoms with Gasteiger partial charge in [-0.05, 0) is 31.0 Å². The van der Waals surface area contributed by atoms with E-state index >= 15 is 0 Å². The van der Waals surface area contributed by atoms with E-state index in [4.69, 9.17) is 15.2 Å². The summed E-state index contributed by atoms with van der Waals surface area (Å²) in [6, 6.07) is 6.67. The first kappa shape index (κ1) is 19.6. The van der Waals surface area contributed by atoms with E-state index in [1.165, 1.54) is 12.1 Å². The summed E-state index contributed by atoms with van der Waals surface area (Å²) in [7, 11) is 0. The minimum absolute atomic E-state index is 0.0632. The lowest BCUT2D eigenvalue weighted by Crippen LogP contribution is -2.41. The van der Waals surface area contributed by atoms with Crippen LogP contribution in [0.4, 0.5) is 4.39 Å². The lowest BCUT2D eigenvalue weighted by atomic mass is 10.0. The number of nitrogens with one attached hydrogen (secondary N) is 1. The van der Waals surface area contributed by atoms with E-state index in [0.29, 0.717) is 32.3 Å². The first-order valence-corrected chi connectivity index (χ1v) is 8.89. The summed E-state index contributed by atoms with van der Waals surface area (Å²) in [4.78, 5) is 6.79. The van der Waals surface area contributed by atoms with Gasteiger partial charge in [-0.25, -0.2) is 4.39 Å². The third kappa shape index (κ3) is 6.97. The predicted octanol–water partition coefficient (Wildman–Crippen LogP) is 1.53. The van der Waals surface area contributed by atoms with E-state index in [2.05, 4.69) is 15.2 Å². The van der Waals surface area contributed by atoms with Gasteiger partial charge in [0.25, 0.3) is 0 Å². The second-order valence-electron chi connectivity index (χ2n) is 5.92. The molecule has 0 spiro atoms. The number of rotatable bonds is 9. The van der Waals surface area contributed by atoms with E-state index in [1.54, 1.807) is 0 Å². The molecule has 140 valence electrons. The van der Waals surface area contributed by atoms with Crippen molar-refractivity contribution in [3.05, 3.63) is 35.6 Å². The van der Waals surface area contributed by atoms with Gasteiger partial charge < -0.3 is 20.5 Å². The van der Waals surface area contributed by atoms with Crippen LogP contribution in [0.2, 0.25) is 0 Å². The van der Waals surface area contributed by atoms with Gasteiger partial charge in [0.1, 0.15) is 5.82 Å². The number of morpholine rings is 1. The van der Waals surface area contributed by atoms with Crippen LogP contribution in [0.15, 0.2) is 29.3 Å². The van der Waals surface area contributed by atoms with Crippen LogP contribution >= 0.6 is 0 Å². The van der Waals surface area contributed by atoms with Crippen LogP contribution in [0.1, 0.15) is 24.9 Å². The number of benzene rings is 1. The smallest absolute Gasteiger partial charge is 0.188 e. The molecule has 1 saturated heterocycles. The molecule has 1 fully saturated rings. The van der Waals surface area contributed by atoms with E-state index in [-0.39, 0.29) is 11.9 Å². The summed E-state index contributed by atoms with van der Waals surface area (Å²) >= 11 is 0. The molecule has 3 N–H and O–H groups in total. The van der Waals surface area contributed by atoms with Gasteiger partial charge in [0.15, 0.2) is 5.96 Å². The maximum Gasteiger partial charge on any atom is 0.188 e. The van der Waals surface area contributed by atoms with Gasteiger partial charge in [-0.15, -0.1) is 0 Å². The van der Waals surface area contributed by atoms with E-state index < -0.39 is 0 Å². The van der Waals surface area contributed by atoms with Crippen LogP contribution in [0, 0.1) is 5.82 Å². The second-order valence-corrected chi connectivity index (χ2v) is 5.92. The molecular formula is C18H29FN4O2. The summed E-state index contributed by atoms with van der Waals surface area (Å²) in [5, 5.41) is 3.10. The normalized spacial score (nSPS) is 17.4. The fourth-order valence-electron chi connectivity index (χ4n) is 2.78. The molecular weight excluding hydrogens is 323 g/mol. The highest BCUT2D eigenvalue weighted by Gasteiger charge is 2.22. The number of ether oxygens (including phenoxy) is 2. The summed E-state index contributed by atoms with van der Waals surface area (Å²) in [6.07, 6.45) is 0.884. The Balaban J connectivity index is 1.93. The van der Waals surface area contributed by atoms with Crippen molar-refractivity contribution in [3.8, 4) is 0 Å². The van der Waals surface area contributed by atoms with Gasteiger partial charge in [-0.1, -0.05) is 12.1 Å². The van der Waals surface area contributed by atoms with Gasteiger partial charge in [-0.3, -0.25) is 9.89 Å². The molecule has 1 heterocycles. The quantitative estimate of drug-likeness (QED) is 0.401. The average Bonchev–Trinajstić information content (AvgIpc) is 2.64. The number of guanidine groups is 1. The number of nitrogens with two attached hydrogens (primary N) is 1. The standard InChI is InChI=1S/C18H29FN4O2/c1-2-24-11-3-8-21-18(20)22-14-17(23-9-12-25-13-10-23)15-4-6-16(19)7-5-15/h4-7,17H,2-3,8-14H2,1H3,(H3,20,21,22). The Bertz CT molecular complexity index is 518. The number of nitrogens with zero attached hydrogens (tertiary/aromatic N) is 2. The third-order valence-corrected chi connectivity index (χ3v) is 4.15. The zero-order valence-corrected chi connectivity index (χ0v) is 14.9. The number of hydrogen-bond donors (Lipinski definition) is 2. The first-order valence-electron chi connectivity index (χ1n) is 8.89. The highest BCUT2D eigenvalue weighted by molar-refractivity contribution is 5.77. The van der Waals surface area contributed by atoms with E-state index in [1.807, 2.05) is 19.1 Å². The van der Waals surface area contributed by atoms with Crippen molar-refractivity contribution in [2.45, 2.75) is 19.4 Å². The average molecular weight is 352 g/mol. The summed E-state index contributed by atoms with van der Waals surface area (Å²) < 4.78 is 24.0. The molecule has 1 aliphatic heterocycles. The minimum atomic E-state index is -0.233. The van der Waals surface area contributed by atoms with Gasteiger partial charge >= 0.3 is 0 Å². The summed E-state index contributed by atoms with van der Waals surface area (Å²) in [5.74, 6) is 0.195. The Morgan fingerprint density at radius 1 is 1.36 bits per heavy atom. The Morgan fingerprint density at radius 3 is 2.76 bits per heavy atom. The van der Waals surface area contributed by atoms with Crippen LogP contribution < -0.4 is 11.1 Å². The summed E-state index contributed by atoms with van der Waals surface area (Å²) in [5.41, 5.74) is 7.00. The van der Waals surface area contributed by atoms with Crippen molar-refractivity contribution in [2.75, 3.05) is 52.6 Å². The van der Waals surface area contributed by atoms with Crippen molar-refractivity contribution in [1.29, 1.82) is 0 Å². The second kappa shape index (κ2) is 11.0. The molecule has 25 heavy (non-hydrogen) atoms.